The zero-order valence-electron chi connectivity index (χ0n) is 11.0. The molecular weight excluding hydrogens is 249 g/mol. The van der Waals surface area contributed by atoms with E-state index in [-0.39, 0.29) is 5.82 Å². The monoisotopic (exact) mass is 269 g/mol. The van der Waals surface area contributed by atoms with Gasteiger partial charge in [-0.05, 0) is 38.2 Å². The molecule has 0 heterocycles. The smallest absolute Gasteiger partial charge is 0.145 e. The van der Waals surface area contributed by atoms with Crippen molar-refractivity contribution in [2.75, 3.05) is 24.7 Å². The molecule has 1 aromatic carbocycles. The minimum atomic E-state index is -0.257. The molecule has 1 aliphatic rings. The molecule has 0 radical (unpaired) electrons. The van der Waals surface area contributed by atoms with E-state index in [4.69, 9.17) is 4.74 Å². The Morgan fingerprint density at radius 1 is 1.44 bits per heavy atom. The van der Waals surface area contributed by atoms with Crippen molar-refractivity contribution in [1.82, 2.24) is 0 Å². The molecule has 0 aliphatic heterocycles. The highest BCUT2D eigenvalue weighted by atomic mass is 32.2. The molecule has 0 spiro atoms. The number of thioether (sulfide) groups is 1. The zero-order valence-corrected chi connectivity index (χ0v) is 11.8. The van der Waals surface area contributed by atoms with E-state index >= 15 is 0 Å². The molecule has 4 heteroatoms. The summed E-state index contributed by atoms with van der Waals surface area (Å²) in [5.41, 5.74) is 0.888. The van der Waals surface area contributed by atoms with E-state index in [1.807, 2.05) is 18.7 Å². The van der Waals surface area contributed by atoms with Gasteiger partial charge in [0, 0.05) is 17.4 Å². The Balaban J connectivity index is 2.04. The van der Waals surface area contributed by atoms with Gasteiger partial charge in [0.1, 0.15) is 11.6 Å². The summed E-state index contributed by atoms with van der Waals surface area (Å²) in [4.78, 5) is 0. The first kappa shape index (κ1) is 13.5. The van der Waals surface area contributed by atoms with Crippen LogP contribution in [0.5, 0.6) is 5.75 Å². The topological polar surface area (TPSA) is 21.3 Å². The van der Waals surface area contributed by atoms with E-state index < -0.39 is 0 Å². The maximum absolute atomic E-state index is 13.2. The first-order valence-electron chi connectivity index (χ1n) is 6.40. The van der Waals surface area contributed by atoms with Crippen LogP contribution >= 0.6 is 11.8 Å². The molecule has 0 atom stereocenters. The molecule has 0 unspecified atom stereocenters. The van der Waals surface area contributed by atoms with Crippen LogP contribution in [0.1, 0.15) is 26.2 Å². The number of ether oxygens (including phenoxy) is 1. The van der Waals surface area contributed by atoms with Crippen molar-refractivity contribution in [3.8, 4) is 5.75 Å². The van der Waals surface area contributed by atoms with Gasteiger partial charge in [0.2, 0.25) is 0 Å². The molecule has 2 nitrogen and oxygen atoms in total. The van der Waals surface area contributed by atoms with E-state index in [2.05, 4.69) is 11.6 Å². The SMILES string of the molecule is CCOc1cc(F)ccc1NCC1(SC)CCC1. The minimum absolute atomic E-state index is 0.257. The lowest BCUT2D eigenvalue weighted by atomic mass is 9.84. The van der Waals surface area contributed by atoms with Crippen LogP contribution in [-0.2, 0) is 0 Å². The molecule has 18 heavy (non-hydrogen) atoms. The maximum atomic E-state index is 13.2. The second-order valence-corrected chi connectivity index (χ2v) is 5.94. The van der Waals surface area contributed by atoms with Gasteiger partial charge in [-0.2, -0.15) is 11.8 Å². The van der Waals surface area contributed by atoms with Gasteiger partial charge < -0.3 is 10.1 Å². The number of rotatable bonds is 6. The number of halogens is 1. The fourth-order valence-electron chi connectivity index (χ4n) is 2.20. The molecule has 2 rings (SSSR count). The number of anilines is 1. The van der Waals surface area contributed by atoms with Crippen LogP contribution in [0.15, 0.2) is 18.2 Å². The van der Waals surface area contributed by atoms with Crippen molar-refractivity contribution in [2.45, 2.75) is 30.9 Å². The fraction of sp³-hybridized carbons (Fsp3) is 0.571. The summed E-state index contributed by atoms with van der Waals surface area (Å²) in [5.74, 6) is 0.348. The van der Waals surface area contributed by atoms with Gasteiger partial charge in [-0.15, -0.1) is 0 Å². The number of benzene rings is 1. The Morgan fingerprint density at radius 2 is 2.22 bits per heavy atom. The zero-order chi connectivity index (χ0) is 13.0. The van der Waals surface area contributed by atoms with Gasteiger partial charge in [-0.3, -0.25) is 0 Å². The molecule has 100 valence electrons. The van der Waals surface area contributed by atoms with E-state index in [1.165, 1.54) is 31.4 Å². The fourth-order valence-corrected chi connectivity index (χ4v) is 3.11. The molecule has 0 aromatic heterocycles. The third kappa shape index (κ3) is 2.91. The van der Waals surface area contributed by atoms with E-state index in [0.717, 1.165) is 12.2 Å². The molecule has 0 amide bonds. The molecular formula is C14H20FNOS. The van der Waals surface area contributed by atoms with Crippen LogP contribution in [0.3, 0.4) is 0 Å². The lowest BCUT2D eigenvalue weighted by molar-refractivity contribution is 0.338. The average Bonchev–Trinajstić information content (AvgIpc) is 2.31. The van der Waals surface area contributed by atoms with Gasteiger partial charge in [0.15, 0.2) is 0 Å². The van der Waals surface area contributed by atoms with Gasteiger partial charge >= 0.3 is 0 Å². The quantitative estimate of drug-likeness (QED) is 0.845. The summed E-state index contributed by atoms with van der Waals surface area (Å²) >= 11 is 1.92. The van der Waals surface area contributed by atoms with Gasteiger partial charge in [0.05, 0.1) is 12.3 Å². The lowest BCUT2D eigenvalue weighted by Crippen LogP contribution is -2.40. The highest BCUT2D eigenvalue weighted by Gasteiger charge is 2.35. The van der Waals surface area contributed by atoms with E-state index in [9.17, 15) is 4.39 Å². The number of hydrogen-bond donors (Lipinski definition) is 1. The van der Waals surface area contributed by atoms with Crippen LogP contribution in [0.4, 0.5) is 10.1 Å². The van der Waals surface area contributed by atoms with Crippen molar-refractivity contribution in [1.29, 1.82) is 0 Å². The van der Waals surface area contributed by atoms with Crippen LogP contribution in [0.25, 0.3) is 0 Å². The van der Waals surface area contributed by atoms with Crippen molar-refractivity contribution in [2.24, 2.45) is 0 Å². The normalized spacial score (nSPS) is 17.1. The first-order valence-corrected chi connectivity index (χ1v) is 7.63. The largest absolute Gasteiger partial charge is 0.492 e. The third-order valence-corrected chi connectivity index (χ3v) is 4.96. The molecule has 1 fully saturated rings. The summed E-state index contributed by atoms with van der Waals surface area (Å²) < 4.78 is 19.0. The van der Waals surface area contributed by atoms with Crippen molar-refractivity contribution >= 4 is 17.4 Å². The summed E-state index contributed by atoms with van der Waals surface area (Å²) in [6.07, 6.45) is 5.98. The van der Waals surface area contributed by atoms with Crippen LogP contribution in [-0.4, -0.2) is 24.2 Å². The van der Waals surface area contributed by atoms with Crippen molar-refractivity contribution < 1.29 is 9.13 Å². The first-order chi connectivity index (χ1) is 8.69. The highest BCUT2D eigenvalue weighted by Crippen LogP contribution is 2.43. The van der Waals surface area contributed by atoms with Crippen LogP contribution in [0, 0.1) is 5.82 Å². The lowest BCUT2D eigenvalue weighted by Gasteiger charge is -2.40. The Hall–Kier alpha value is -0.900. The van der Waals surface area contributed by atoms with Crippen LogP contribution < -0.4 is 10.1 Å². The van der Waals surface area contributed by atoms with Crippen molar-refractivity contribution in [3.05, 3.63) is 24.0 Å². The Bertz CT molecular complexity index is 401. The summed E-state index contributed by atoms with van der Waals surface area (Å²) in [7, 11) is 0. The Kier molecular flexibility index (Phi) is 4.38. The molecule has 0 saturated heterocycles. The molecule has 1 aliphatic carbocycles. The molecule has 1 N–H and O–H groups in total. The summed E-state index contributed by atoms with van der Waals surface area (Å²) in [6, 6.07) is 4.67. The summed E-state index contributed by atoms with van der Waals surface area (Å²) in [6.45, 7) is 3.37. The van der Waals surface area contributed by atoms with Crippen LogP contribution in [0.2, 0.25) is 0 Å². The number of nitrogens with one attached hydrogen (secondary N) is 1. The third-order valence-electron chi connectivity index (χ3n) is 3.54. The second kappa shape index (κ2) is 5.83. The molecule has 1 aromatic rings. The minimum Gasteiger partial charge on any atom is -0.492 e. The van der Waals surface area contributed by atoms with E-state index in [1.54, 1.807) is 6.07 Å². The standard InChI is InChI=1S/C14H20FNOS/c1-3-17-13-9-11(15)5-6-12(13)16-10-14(18-2)7-4-8-14/h5-6,9,16H,3-4,7-8,10H2,1-2H3. The Labute approximate surface area is 112 Å². The Morgan fingerprint density at radius 3 is 2.78 bits per heavy atom. The van der Waals surface area contributed by atoms with Gasteiger partial charge in [-0.1, -0.05) is 6.42 Å². The van der Waals surface area contributed by atoms with Gasteiger partial charge in [0.25, 0.3) is 0 Å². The highest BCUT2D eigenvalue weighted by molar-refractivity contribution is 8.00. The predicted molar refractivity (Wildman–Crippen MR) is 76.2 cm³/mol. The second-order valence-electron chi connectivity index (χ2n) is 4.67. The summed E-state index contributed by atoms with van der Waals surface area (Å²) in [5, 5.41) is 3.41. The molecule has 0 bridgehead atoms. The van der Waals surface area contributed by atoms with Crippen molar-refractivity contribution in [3.63, 3.8) is 0 Å². The molecule has 1 saturated carbocycles. The predicted octanol–water partition coefficient (Wildman–Crippen LogP) is 3.92. The average molecular weight is 269 g/mol. The number of hydrogen-bond acceptors (Lipinski definition) is 3. The van der Waals surface area contributed by atoms with E-state index in [0.29, 0.717) is 17.1 Å². The van der Waals surface area contributed by atoms with Gasteiger partial charge in [-0.25, -0.2) is 4.39 Å². The maximum Gasteiger partial charge on any atom is 0.145 e.